The number of oxazole rings is 1. The van der Waals surface area contributed by atoms with E-state index in [9.17, 15) is 0 Å². The van der Waals surface area contributed by atoms with Crippen LogP contribution in [-0.4, -0.2) is 39.3 Å². The zero-order valence-corrected chi connectivity index (χ0v) is 24.5. The lowest BCUT2D eigenvalue weighted by Gasteiger charge is -2.49. The third kappa shape index (κ3) is 6.33. The van der Waals surface area contributed by atoms with Crippen LogP contribution in [-0.2, 0) is 6.42 Å². The zero-order valence-electron chi connectivity index (χ0n) is 24.5. The first kappa shape index (κ1) is 27.3. The van der Waals surface area contributed by atoms with E-state index in [1.807, 2.05) is 6.92 Å². The zero-order chi connectivity index (χ0) is 27.8. The van der Waals surface area contributed by atoms with Crippen molar-refractivity contribution in [3.8, 4) is 0 Å². The number of aryl methyl sites for hydroxylation is 2. The molecule has 2 aromatic heterocycles. The van der Waals surface area contributed by atoms with Crippen LogP contribution in [0.25, 0.3) is 5.57 Å². The summed E-state index contributed by atoms with van der Waals surface area (Å²) in [6.07, 6.45) is 10.5. The molecular weight excluding hydrogens is 482 g/mol. The largest absolute Gasteiger partial charge is 0.442 e. The van der Waals surface area contributed by atoms with Crippen LogP contribution in [0.5, 0.6) is 0 Å². The SMILES string of the molecule is CC1=CC(c2ncc(C)o2)=CC(CCc2ccccc2)C1c1ccc(N(C)C2CC(C)(C)NC(C)(C)C2)nn1. The summed E-state index contributed by atoms with van der Waals surface area (Å²) in [6, 6.07) is 15.4. The van der Waals surface area contributed by atoms with Gasteiger partial charge in [-0.1, -0.05) is 48.1 Å². The van der Waals surface area contributed by atoms with Gasteiger partial charge in [0.1, 0.15) is 5.76 Å². The third-order valence-corrected chi connectivity index (χ3v) is 8.24. The molecule has 2 atom stereocenters. The summed E-state index contributed by atoms with van der Waals surface area (Å²) in [6.45, 7) is 13.3. The van der Waals surface area contributed by atoms with Gasteiger partial charge in [0.05, 0.1) is 11.9 Å². The molecule has 2 aliphatic rings. The molecule has 3 aromatic rings. The fraction of sp³-hybridized carbons (Fsp3) is 0.485. The summed E-state index contributed by atoms with van der Waals surface area (Å²) in [5.74, 6) is 2.87. The summed E-state index contributed by atoms with van der Waals surface area (Å²) in [5, 5.41) is 13.4. The number of aromatic nitrogens is 3. The van der Waals surface area contributed by atoms with E-state index in [0.717, 1.165) is 48.5 Å². The van der Waals surface area contributed by atoms with E-state index >= 15 is 0 Å². The molecule has 1 fully saturated rings. The van der Waals surface area contributed by atoms with Crippen LogP contribution in [0.4, 0.5) is 5.82 Å². The number of rotatable bonds is 7. The second kappa shape index (κ2) is 10.7. The van der Waals surface area contributed by atoms with E-state index in [1.54, 1.807) is 6.20 Å². The van der Waals surface area contributed by atoms with E-state index in [4.69, 9.17) is 14.6 Å². The smallest absolute Gasteiger partial charge is 0.225 e. The molecule has 5 rings (SSSR count). The summed E-state index contributed by atoms with van der Waals surface area (Å²) < 4.78 is 5.89. The van der Waals surface area contributed by atoms with Crippen LogP contribution in [0.15, 0.2) is 70.8 Å². The topological polar surface area (TPSA) is 67.1 Å². The van der Waals surface area contributed by atoms with Gasteiger partial charge in [-0.3, -0.25) is 0 Å². The Morgan fingerprint density at radius 1 is 0.974 bits per heavy atom. The van der Waals surface area contributed by atoms with E-state index in [1.165, 1.54) is 11.1 Å². The summed E-state index contributed by atoms with van der Waals surface area (Å²) >= 11 is 0. The molecule has 0 radical (unpaired) electrons. The Hall–Kier alpha value is -3.25. The van der Waals surface area contributed by atoms with Crippen molar-refractivity contribution in [2.75, 3.05) is 11.9 Å². The number of hydrogen-bond acceptors (Lipinski definition) is 6. The summed E-state index contributed by atoms with van der Waals surface area (Å²) in [4.78, 5) is 6.82. The maximum atomic E-state index is 5.89. The van der Waals surface area contributed by atoms with Crippen LogP contribution in [0, 0.1) is 12.8 Å². The highest BCUT2D eigenvalue weighted by Crippen LogP contribution is 2.41. The minimum Gasteiger partial charge on any atom is -0.442 e. The minimum atomic E-state index is 0.0788. The molecule has 1 aromatic carbocycles. The normalized spacial score (nSPS) is 22.7. The number of hydrogen-bond donors (Lipinski definition) is 1. The fourth-order valence-electron chi connectivity index (χ4n) is 6.77. The molecule has 0 spiro atoms. The number of benzene rings is 1. The Morgan fingerprint density at radius 3 is 2.31 bits per heavy atom. The third-order valence-electron chi connectivity index (χ3n) is 8.24. The van der Waals surface area contributed by atoms with E-state index in [0.29, 0.717) is 11.9 Å². The van der Waals surface area contributed by atoms with Gasteiger partial charge in [0.15, 0.2) is 5.82 Å². The first-order chi connectivity index (χ1) is 18.5. The second-order valence-corrected chi connectivity index (χ2v) is 12.8. The van der Waals surface area contributed by atoms with E-state index in [2.05, 4.69) is 111 Å². The first-order valence-corrected chi connectivity index (χ1v) is 14.2. The molecule has 206 valence electrons. The van der Waals surface area contributed by atoms with Crippen molar-refractivity contribution in [1.29, 1.82) is 0 Å². The van der Waals surface area contributed by atoms with Crippen LogP contribution in [0.2, 0.25) is 0 Å². The van der Waals surface area contributed by atoms with Crippen LogP contribution in [0.1, 0.15) is 82.7 Å². The van der Waals surface area contributed by atoms with Gasteiger partial charge in [0.25, 0.3) is 0 Å². The molecule has 6 heteroatoms. The number of nitrogens with one attached hydrogen (secondary N) is 1. The van der Waals surface area contributed by atoms with Gasteiger partial charge in [-0.2, -0.15) is 5.10 Å². The molecule has 2 unspecified atom stereocenters. The molecule has 1 saturated heterocycles. The van der Waals surface area contributed by atoms with Gasteiger partial charge in [0.2, 0.25) is 5.89 Å². The van der Waals surface area contributed by atoms with Crippen molar-refractivity contribution < 1.29 is 4.42 Å². The first-order valence-electron chi connectivity index (χ1n) is 14.2. The molecule has 6 nitrogen and oxygen atoms in total. The molecule has 1 aliphatic heterocycles. The predicted molar refractivity (Wildman–Crippen MR) is 159 cm³/mol. The predicted octanol–water partition coefficient (Wildman–Crippen LogP) is 6.89. The standard InChI is InChI=1S/C33H43N5O/c1-22-17-26(31-34-21-23(2)39-31)18-25(14-13-24-11-9-8-10-12-24)30(22)28-15-16-29(36-35-28)38(7)27-19-32(3,4)37-33(5,6)20-27/h8-12,15-18,21,25,27,30,37H,13-14,19-20H2,1-7H3. The number of allylic oxidation sites excluding steroid dienone is 4. The Balaban J connectivity index is 1.39. The highest BCUT2D eigenvalue weighted by Gasteiger charge is 2.39. The lowest BCUT2D eigenvalue weighted by molar-refractivity contribution is 0.160. The van der Waals surface area contributed by atoms with E-state index in [-0.39, 0.29) is 22.9 Å². The fourth-order valence-corrected chi connectivity index (χ4v) is 6.77. The number of piperidine rings is 1. The number of nitrogens with zero attached hydrogens (tertiary/aromatic N) is 4. The van der Waals surface area contributed by atoms with E-state index < -0.39 is 0 Å². The van der Waals surface area contributed by atoms with Crippen molar-refractivity contribution in [3.05, 3.63) is 89.3 Å². The molecule has 0 bridgehead atoms. The van der Waals surface area contributed by atoms with Gasteiger partial charge in [0, 0.05) is 35.7 Å². The Bertz CT molecular complexity index is 1320. The van der Waals surface area contributed by atoms with Crippen molar-refractivity contribution in [3.63, 3.8) is 0 Å². The highest BCUT2D eigenvalue weighted by molar-refractivity contribution is 5.72. The molecule has 1 aliphatic carbocycles. The van der Waals surface area contributed by atoms with Crippen molar-refractivity contribution in [1.82, 2.24) is 20.5 Å². The lowest BCUT2D eigenvalue weighted by Crippen LogP contribution is -2.62. The second-order valence-electron chi connectivity index (χ2n) is 12.8. The van der Waals surface area contributed by atoms with Gasteiger partial charge in [-0.15, -0.1) is 5.10 Å². The van der Waals surface area contributed by atoms with Crippen molar-refractivity contribution in [2.24, 2.45) is 5.92 Å². The maximum absolute atomic E-state index is 5.89. The molecule has 0 amide bonds. The molecule has 0 saturated carbocycles. The Labute approximate surface area is 233 Å². The Kier molecular flexibility index (Phi) is 7.51. The summed E-state index contributed by atoms with van der Waals surface area (Å²) in [7, 11) is 2.16. The van der Waals surface area contributed by atoms with Crippen LogP contribution in [0.3, 0.4) is 0 Å². The average Bonchev–Trinajstić information content (AvgIpc) is 3.32. The highest BCUT2D eigenvalue weighted by atomic mass is 16.4. The monoisotopic (exact) mass is 525 g/mol. The molecule has 3 heterocycles. The maximum Gasteiger partial charge on any atom is 0.225 e. The van der Waals surface area contributed by atoms with Gasteiger partial charge < -0.3 is 14.6 Å². The van der Waals surface area contributed by atoms with Gasteiger partial charge in [-0.05, 0) is 90.8 Å². The molecule has 39 heavy (non-hydrogen) atoms. The van der Waals surface area contributed by atoms with Crippen molar-refractivity contribution in [2.45, 2.75) is 90.3 Å². The van der Waals surface area contributed by atoms with Crippen LogP contribution < -0.4 is 10.2 Å². The van der Waals surface area contributed by atoms with Crippen LogP contribution >= 0.6 is 0 Å². The van der Waals surface area contributed by atoms with Crippen molar-refractivity contribution >= 4 is 11.4 Å². The average molecular weight is 526 g/mol. The van der Waals surface area contributed by atoms with Gasteiger partial charge >= 0.3 is 0 Å². The number of anilines is 1. The summed E-state index contributed by atoms with van der Waals surface area (Å²) in [5.41, 5.74) is 4.84. The minimum absolute atomic E-state index is 0.0788. The molecule has 1 N–H and O–H groups in total. The quantitative estimate of drug-likeness (QED) is 0.362. The lowest BCUT2D eigenvalue weighted by atomic mass is 9.76. The Morgan fingerprint density at radius 2 is 1.69 bits per heavy atom. The molecular formula is C33H43N5O. The van der Waals surface area contributed by atoms with Gasteiger partial charge in [-0.25, -0.2) is 4.98 Å².